The first-order valence-electron chi connectivity index (χ1n) is 6.02. The van der Waals surface area contributed by atoms with Crippen LogP contribution in [-0.2, 0) is 10.0 Å². The molecule has 0 atom stereocenters. The van der Waals surface area contributed by atoms with E-state index < -0.39 is 16.0 Å². The van der Waals surface area contributed by atoms with Gasteiger partial charge in [0.2, 0.25) is 0 Å². The molecule has 2 aromatic heterocycles. The minimum Gasteiger partial charge on any atom is -0.477 e. The summed E-state index contributed by atoms with van der Waals surface area (Å²) in [5.74, 6) is -1.06. The molecule has 2 aromatic rings. The summed E-state index contributed by atoms with van der Waals surface area (Å²) in [5, 5.41) is 12.6. The van der Waals surface area contributed by atoms with Crippen molar-refractivity contribution in [1.29, 1.82) is 0 Å². The zero-order chi connectivity index (χ0) is 15.8. The maximum atomic E-state index is 12.4. The van der Waals surface area contributed by atoms with Crippen LogP contribution in [0, 0.1) is 6.92 Å². The van der Waals surface area contributed by atoms with Crippen molar-refractivity contribution in [3.8, 4) is 0 Å². The Labute approximate surface area is 130 Å². The number of hydrogen-bond acceptors (Lipinski definition) is 6. The summed E-state index contributed by atoms with van der Waals surface area (Å²) in [6.07, 6.45) is 0. The van der Waals surface area contributed by atoms with Crippen LogP contribution in [-0.4, -0.2) is 24.5 Å². The molecule has 114 valence electrons. The van der Waals surface area contributed by atoms with Crippen LogP contribution in [0.25, 0.3) is 0 Å². The standard InChI is InChI=1S/C12H14N2O4S3/c1-6(2)8-5-20-12(13-8)14-21(17,18)10-7(3)4-19-9(10)11(15)16/h4-6H,1-3H3,(H,13,14)(H,15,16). The van der Waals surface area contributed by atoms with Crippen LogP contribution in [0.2, 0.25) is 0 Å². The van der Waals surface area contributed by atoms with Gasteiger partial charge in [0.05, 0.1) is 5.69 Å². The number of thiazole rings is 1. The molecule has 6 nitrogen and oxygen atoms in total. The Balaban J connectivity index is 2.38. The summed E-state index contributed by atoms with van der Waals surface area (Å²) in [6.45, 7) is 5.48. The monoisotopic (exact) mass is 346 g/mol. The van der Waals surface area contributed by atoms with Gasteiger partial charge in [0, 0.05) is 5.38 Å². The molecule has 21 heavy (non-hydrogen) atoms. The summed E-state index contributed by atoms with van der Waals surface area (Å²) in [6, 6.07) is 0. The molecule has 9 heteroatoms. The number of anilines is 1. The van der Waals surface area contributed by atoms with Gasteiger partial charge < -0.3 is 5.11 Å². The second-order valence-electron chi connectivity index (χ2n) is 4.72. The van der Waals surface area contributed by atoms with Gasteiger partial charge in [-0.15, -0.1) is 22.7 Å². The van der Waals surface area contributed by atoms with Gasteiger partial charge >= 0.3 is 5.97 Å². The van der Waals surface area contributed by atoms with Gasteiger partial charge in [-0.05, 0) is 23.8 Å². The van der Waals surface area contributed by atoms with E-state index in [9.17, 15) is 13.2 Å². The molecular formula is C12H14N2O4S3. The van der Waals surface area contributed by atoms with Gasteiger partial charge in [-0.2, -0.15) is 0 Å². The molecule has 0 fully saturated rings. The molecule has 0 bridgehead atoms. The number of carboxylic acids is 1. The third kappa shape index (κ3) is 3.25. The number of carboxylic acid groups (broad SMARTS) is 1. The van der Waals surface area contributed by atoms with Crippen molar-refractivity contribution in [3.63, 3.8) is 0 Å². The topological polar surface area (TPSA) is 96.4 Å². The lowest BCUT2D eigenvalue weighted by Crippen LogP contribution is -2.16. The van der Waals surface area contributed by atoms with Gasteiger partial charge in [0.25, 0.3) is 10.0 Å². The van der Waals surface area contributed by atoms with E-state index in [1.54, 1.807) is 12.3 Å². The second kappa shape index (κ2) is 5.74. The fourth-order valence-corrected chi connectivity index (χ4v) is 5.44. The molecule has 0 aliphatic rings. The zero-order valence-electron chi connectivity index (χ0n) is 11.6. The van der Waals surface area contributed by atoms with Crippen LogP contribution in [0.15, 0.2) is 15.7 Å². The molecule has 0 aliphatic heterocycles. The van der Waals surface area contributed by atoms with E-state index in [-0.39, 0.29) is 20.8 Å². The first-order chi connectivity index (χ1) is 9.72. The highest BCUT2D eigenvalue weighted by Gasteiger charge is 2.27. The molecule has 2 N–H and O–H groups in total. The lowest BCUT2D eigenvalue weighted by Gasteiger charge is -2.06. The van der Waals surface area contributed by atoms with E-state index in [0.717, 1.165) is 17.0 Å². The number of nitrogens with one attached hydrogen (secondary N) is 1. The Morgan fingerprint density at radius 2 is 2.00 bits per heavy atom. The lowest BCUT2D eigenvalue weighted by atomic mass is 10.2. The quantitative estimate of drug-likeness (QED) is 0.867. The average molecular weight is 346 g/mol. The lowest BCUT2D eigenvalue weighted by molar-refractivity contribution is 0.0698. The van der Waals surface area contributed by atoms with Crippen molar-refractivity contribution >= 4 is 43.8 Å². The molecule has 0 saturated carbocycles. The number of sulfonamides is 1. The minimum absolute atomic E-state index is 0.192. The third-order valence-corrected chi connectivity index (χ3v) is 6.36. The van der Waals surface area contributed by atoms with E-state index >= 15 is 0 Å². The maximum absolute atomic E-state index is 12.4. The molecule has 0 saturated heterocycles. The average Bonchev–Trinajstić information content (AvgIpc) is 2.95. The Morgan fingerprint density at radius 3 is 2.52 bits per heavy atom. The van der Waals surface area contributed by atoms with Crippen LogP contribution in [0.1, 0.15) is 40.7 Å². The van der Waals surface area contributed by atoms with Crippen LogP contribution < -0.4 is 4.72 Å². The first kappa shape index (κ1) is 15.9. The smallest absolute Gasteiger partial charge is 0.347 e. The molecular weight excluding hydrogens is 332 g/mol. The predicted octanol–water partition coefficient (Wildman–Crippen LogP) is 3.14. The summed E-state index contributed by atoms with van der Waals surface area (Å²) in [7, 11) is -3.96. The fraction of sp³-hybridized carbons (Fsp3) is 0.333. The van der Waals surface area contributed by atoms with Crippen molar-refractivity contribution in [2.24, 2.45) is 0 Å². The van der Waals surface area contributed by atoms with Gasteiger partial charge in [0.1, 0.15) is 9.77 Å². The van der Waals surface area contributed by atoms with Crippen LogP contribution in [0.5, 0.6) is 0 Å². The zero-order valence-corrected chi connectivity index (χ0v) is 14.0. The Morgan fingerprint density at radius 1 is 1.33 bits per heavy atom. The van der Waals surface area contributed by atoms with Crippen molar-refractivity contribution in [3.05, 3.63) is 26.9 Å². The van der Waals surface area contributed by atoms with E-state index in [2.05, 4.69) is 9.71 Å². The van der Waals surface area contributed by atoms with Gasteiger partial charge in [-0.25, -0.2) is 18.2 Å². The van der Waals surface area contributed by atoms with E-state index in [0.29, 0.717) is 5.56 Å². The first-order valence-corrected chi connectivity index (χ1v) is 9.26. The maximum Gasteiger partial charge on any atom is 0.347 e. The molecule has 0 unspecified atom stereocenters. The Hall–Kier alpha value is -1.45. The Bertz CT molecular complexity index is 774. The highest BCUT2D eigenvalue weighted by molar-refractivity contribution is 7.93. The van der Waals surface area contributed by atoms with Crippen LogP contribution >= 0.6 is 22.7 Å². The number of carbonyl (C=O) groups is 1. The third-order valence-electron chi connectivity index (χ3n) is 2.72. The second-order valence-corrected chi connectivity index (χ2v) is 8.08. The summed E-state index contributed by atoms with van der Waals surface area (Å²) < 4.78 is 27.1. The number of aryl methyl sites for hydroxylation is 1. The van der Waals surface area contributed by atoms with Gasteiger partial charge in [-0.1, -0.05) is 13.8 Å². The summed E-state index contributed by atoms with van der Waals surface area (Å²) in [5.41, 5.74) is 1.20. The van der Waals surface area contributed by atoms with Crippen molar-refractivity contribution in [2.75, 3.05) is 4.72 Å². The predicted molar refractivity (Wildman–Crippen MR) is 83.0 cm³/mol. The molecule has 0 spiro atoms. The van der Waals surface area contributed by atoms with Gasteiger partial charge in [-0.3, -0.25) is 4.72 Å². The van der Waals surface area contributed by atoms with E-state index in [1.165, 1.54) is 16.7 Å². The van der Waals surface area contributed by atoms with Crippen molar-refractivity contribution < 1.29 is 18.3 Å². The summed E-state index contributed by atoms with van der Waals surface area (Å²) in [4.78, 5) is 14.9. The summed E-state index contributed by atoms with van der Waals surface area (Å²) >= 11 is 2.07. The Kier molecular flexibility index (Phi) is 4.35. The number of nitrogens with zero attached hydrogens (tertiary/aromatic N) is 1. The molecule has 0 aliphatic carbocycles. The number of aromatic nitrogens is 1. The van der Waals surface area contributed by atoms with E-state index in [4.69, 9.17) is 5.11 Å². The number of thiophene rings is 1. The molecule has 0 aromatic carbocycles. The van der Waals surface area contributed by atoms with Crippen molar-refractivity contribution in [2.45, 2.75) is 31.6 Å². The number of rotatable bonds is 5. The van der Waals surface area contributed by atoms with Crippen molar-refractivity contribution in [1.82, 2.24) is 4.98 Å². The minimum atomic E-state index is -3.96. The highest BCUT2D eigenvalue weighted by Crippen LogP contribution is 2.30. The molecule has 0 radical (unpaired) electrons. The molecule has 2 rings (SSSR count). The van der Waals surface area contributed by atoms with Crippen LogP contribution in [0.3, 0.4) is 0 Å². The fourth-order valence-electron chi connectivity index (χ4n) is 1.68. The van der Waals surface area contributed by atoms with Crippen LogP contribution in [0.4, 0.5) is 5.13 Å². The molecule has 0 amide bonds. The highest BCUT2D eigenvalue weighted by atomic mass is 32.2. The normalized spacial score (nSPS) is 11.8. The van der Waals surface area contributed by atoms with Gasteiger partial charge in [0.15, 0.2) is 5.13 Å². The van der Waals surface area contributed by atoms with E-state index in [1.807, 2.05) is 13.8 Å². The SMILES string of the molecule is Cc1csc(C(=O)O)c1S(=O)(=O)Nc1nc(C(C)C)cs1. The number of aromatic carboxylic acids is 1. The number of hydrogen-bond donors (Lipinski definition) is 2. The molecule has 2 heterocycles. The largest absolute Gasteiger partial charge is 0.477 e.